The molecule has 0 unspecified atom stereocenters. The van der Waals surface area contributed by atoms with Crippen LogP contribution >= 0.6 is 0 Å². The van der Waals surface area contributed by atoms with Crippen LogP contribution in [0, 0.1) is 0 Å². The van der Waals surface area contributed by atoms with Crippen molar-refractivity contribution in [2.24, 2.45) is 0 Å². The van der Waals surface area contributed by atoms with E-state index >= 15 is 0 Å². The molecular formula is C16H17NO2. The second kappa shape index (κ2) is 4.59. The van der Waals surface area contributed by atoms with Crippen LogP contribution in [0.25, 0.3) is 0 Å². The summed E-state index contributed by atoms with van der Waals surface area (Å²) in [6.07, 6.45) is 0. The van der Waals surface area contributed by atoms with Crippen LogP contribution in [0.2, 0.25) is 0 Å². The van der Waals surface area contributed by atoms with E-state index in [1.807, 2.05) is 18.2 Å². The predicted octanol–water partition coefficient (Wildman–Crippen LogP) is 3.17. The number of aromatic hydroxyl groups is 2. The topological polar surface area (TPSA) is 43.7 Å². The quantitative estimate of drug-likeness (QED) is 0.810. The van der Waals surface area contributed by atoms with Crippen molar-refractivity contribution in [3.05, 3.63) is 59.2 Å². The molecule has 3 nitrogen and oxygen atoms in total. The molecular weight excluding hydrogens is 238 g/mol. The number of hydrogen-bond acceptors (Lipinski definition) is 3. The van der Waals surface area contributed by atoms with Crippen molar-refractivity contribution in [3.8, 4) is 11.5 Å². The lowest BCUT2D eigenvalue weighted by molar-refractivity contribution is 0.215. The first-order valence-corrected chi connectivity index (χ1v) is 6.48. The average molecular weight is 255 g/mol. The van der Waals surface area contributed by atoms with Gasteiger partial charge in [0.15, 0.2) is 11.5 Å². The van der Waals surface area contributed by atoms with Gasteiger partial charge in [0, 0.05) is 19.1 Å². The van der Waals surface area contributed by atoms with Crippen molar-refractivity contribution in [2.75, 3.05) is 0 Å². The molecule has 98 valence electrons. The Hall–Kier alpha value is -2.00. The minimum absolute atomic E-state index is 0.0343. The van der Waals surface area contributed by atoms with E-state index in [-0.39, 0.29) is 11.5 Å². The molecule has 0 aromatic heterocycles. The third kappa shape index (κ3) is 2.17. The van der Waals surface area contributed by atoms with Gasteiger partial charge in [0.2, 0.25) is 0 Å². The maximum absolute atomic E-state index is 9.56. The number of hydrogen-bond donors (Lipinski definition) is 2. The third-order valence-electron chi connectivity index (χ3n) is 3.87. The molecule has 2 aromatic rings. The molecule has 0 fully saturated rings. The Labute approximate surface area is 112 Å². The van der Waals surface area contributed by atoms with Crippen LogP contribution in [0.3, 0.4) is 0 Å². The van der Waals surface area contributed by atoms with Gasteiger partial charge in [-0.05, 0) is 35.7 Å². The summed E-state index contributed by atoms with van der Waals surface area (Å²) in [5.41, 5.74) is 3.47. The first kappa shape index (κ1) is 12.1. The van der Waals surface area contributed by atoms with Crippen LogP contribution in [-0.4, -0.2) is 15.1 Å². The third-order valence-corrected chi connectivity index (χ3v) is 3.87. The van der Waals surface area contributed by atoms with E-state index < -0.39 is 0 Å². The molecule has 0 aliphatic carbocycles. The summed E-state index contributed by atoms with van der Waals surface area (Å²) in [5.74, 6) is -0.0686. The van der Waals surface area contributed by atoms with Gasteiger partial charge >= 0.3 is 0 Å². The summed E-state index contributed by atoms with van der Waals surface area (Å²) >= 11 is 0. The normalized spacial score (nSPS) is 16.3. The fourth-order valence-electron chi connectivity index (χ4n) is 2.67. The number of rotatable bonds is 2. The molecule has 0 spiro atoms. The lowest BCUT2D eigenvalue weighted by Gasteiger charge is -2.24. The lowest BCUT2D eigenvalue weighted by atomic mass is 10.1. The van der Waals surface area contributed by atoms with Gasteiger partial charge in [-0.15, -0.1) is 0 Å². The number of phenolic OH excluding ortho intramolecular Hbond substituents is 2. The Kier molecular flexibility index (Phi) is 2.91. The minimum atomic E-state index is -0.0343. The molecule has 1 aliphatic heterocycles. The van der Waals surface area contributed by atoms with Crippen molar-refractivity contribution in [2.45, 2.75) is 26.1 Å². The molecule has 1 heterocycles. The molecule has 2 N–H and O–H groups in total. The van der Waals surface area contributed by atoms with E-state index in [1.54, 1.807) is 12.1 Å². The molecule has 1 aliphatic rings. The molecule has 3 heteroatoms. The fourth-order valence-corrected chi connectivity index (χ4v) is 2.67. The molecule has 0 amide bonds. The van der Waals surface area contributed by atoms with Crippen molar-refractivity contribution < 1.29 is 10.2 Å². The van der Waals surface area contributed by atoms with E-state index in [1.165, 1.54) is 5.56 Å². The lowest BCUT2D eigenvalue weighted by Crippen LogP contribution is -2.20. The maximum Gasteiger partial charge on any atom is 0.157 e. The molecule has 0 saturated carbocycles. The van der Waals surface area contributed by atoms with Crippen LogP contribution < -0.4 is 0 Å². The van der Waals surface area contributed by atoms with Gasteiger partial charge in [-0.25, -0.2) is 0 Å². The van der Waals surface area contributed by atoms with E-state index in [2.05, 4.69) is 24.0 Å². The van der Waals surface area contributed by atoms with Crippen LogP contribution in [0.1, 0.15) is 29.7 Å². The highest BCUT2D eigenvalue weighted by molar-refractivity contribution is 5.47. The molecule has 0 saturated heterocycles. The number of fused-ring (bicyclic) bond motifs is 1. The Morgan fingerprint density at radius 3 is 2.00 bits per heavy atom. The van der Waals surface area contributed by atoms with E-state index in [4.69, 9.17) is 0 Å². The molecule has 19 heavy (non-hydrogen) atoms. The fraction of sp³-hybridized carbons (Fsp3) is 0.250. The SMILES string of the molecule is C[C@H](c1ccccc1)N1Cc2cc(O)c(O)cc2C1. The molecule has 0 radical (unpaired) electrons. The molecule has 3 rings (SSSR count). The van der Waals surface area contributed by atoms with Crippen molar-refractivity contribution in [1.82, 2.24) is 4.90 Å². The summed E-state index contributed by atoms with van der Waals surface area (Å²) in [5, 5.41) is 19.1. The van der Waals surface area contributed by atoms with Gasteiger partial charge in [0.25, 0.3) is 0 Å². The highest BCUT2D eigenvalue weighted by Gasteiger charge is 2.25. The van der Waals surface area contributed by atoms with Gasteiger partial charge in [-0.3, -0.25) is 4.90 Å². The predicted molar refractivity (Wildman–Crippen MR) is 73.9 cm³/mol. The largest absolute Gasteiger partial charge is 0.504 e. The van der Waals surface area contributed by atoms with Gasteiger partial charge in [0.1, 0.15) is 0 Å². The Balaban J connectivity index is 1.84. The minimum Gasteiger partial charge on any atom is -0.504 e. The van der Waals surface area contributed by atoms with E-state index in [0.717, 1.165) is 24.2 Å². The van der Waals surface area contributed by atoms with E-state index in [9.17, 15) is 10.2 Å². The smallest absolute Gasteiger partial charge is 0.157 e. The summed E-state index contributed by atoms with van der Waals surface area (Å²) in [6.45, 7) is 3.79. The zero-order valence-electron chi connectivity index (χ0n) is 10.9. The van der Waals surface area contributed by atoms with Crippen LogP contribution in [0.4, 0.5) is 0 Å². The zero-order chi connectivity index (χ0) is 13.4. The highest BCUT2D eigenvalue weighted by atomic mass is 16.3. The van der Waals surface area contributed by atoms with Crippen LogP contribution in [0.15, 0.2) is 42.5 Å². The monoisotopic (exact) mass is 255 g/mol. The average Bonchev–Trinajstić information content (AvgIpc) is 2.82. The van der Waals surface area contributed by atoms with E-state index in [0.29, 0.717) is 6.04 Å². The maximum atomic E-state index is 9.56. The summed E-state index contributed by atoms with van der Waals surface area (Å²) in [7, 11) is 0. The summed E-state index contributed by atoms with van der Waals surface area (Å²) in [6, 6.07) is 14.0. The van der Waals surface area contributed by atoms with Crippen LogP contribution in [-0.2, 0) is 13.1 Å². The zero-order valence-corrected chi connectivity index (χ0v) is 10.9. The van der Waals surface area contributed by atoms with Crippen molar-refractivity contribution >= 4 is 0 Å². The van der Waals surface area contributed by atoms with Crippen molar-refractivity contribution in [3.63, 3.8) is 0 Å². The first-order valence-electron chi connectivity index (χ1n) is 6.48. The number of nitrogens with zero attached hydrogens (tertiary/aromatic N) is 1. The van der Waals surface area contributed by atoms with Gasteiger partial charge in [-0.2, -0.15) is 0 Å². The Morgan fingerprint density at radius 2 is 1.47 bits per heavy atom. The number of benzene rings is 2. The highest BCUT2D eigenvalue weighted by Crippen LogP contribution is 2.36. The van der Waals surface area contributed by atoms with Crippen molar-refractivity contribution in [1.29, 1.82) is 0 Å². The summed E-state index contributed by atoms with van der Waals surface area (Å²) in [4.78, 5) is 2.33. The van der Waals surface area contributed by atoms with Gasteiger partial charge in [-0.1, -0.05) is 30.3 Å². The Bertz CT molecular complexity index is 564. The standard InChI is InChI=1S/C16H17NO2/c1-11(12-5-3-2-4-6-12)17-9-13-7-15(18)16(19)8-14(13)10-17/h2-8,11,18-19H,9-10H2,1H3/t11-/m1/s1. The van der Waals surface area contributed by atoms with Crippen LogP contribution in [0.5, 0.6) is 11.5 Å². The summed E-state index contributed by atoms with van der Waals surface area (Å²) < 4.78 is 0. The second-order valence-corrected chi connectivity index (χ2v) is 5.10. The molecule has 1 atom stereocenters. The Morgan fingerprint density at radius 1 is 0.947 bits per heavy atom. The van der Waals surface area contributed by atoms with Gasteiger partial charge in [0.05, 0.1) is 0 Å². The second-order valence-electron chi connectivity index (χ2n) is 5.10. The number of phenols is 2. The van der Waals surface area contributed by atoms with Gasteiger partial charge < -0.3 is 10.2 Å². The molecule has 2 aromatic carbocycles. The first-order chi connectivity index (χ1) is 9.15. The molecule has 0 bridgehead atoms.